The molecule has 0 amide bonds. The van der Waals surface area contributed by atoms with Crippen molar-refractivity contribution in [2.45, 2.75) is 33.3 Å². The van der Waals surface area contributed by atoms with Crippen molar-refractivity contribution in [1.29, 1.82) is 0 Å². The molecule has 0 aliphatic rings. The van der Waals surface area contributed by atoms with Crippen molar-refractivity contribution in [3.05, 3.63) is 0 Å². The van der Waals surface area contributed by atoms with Gasteiger partial charge in [-0.15, -0.1) is 0 Å². The second-order valence-electron chi connectivity index (χ2n) is 5.76. The molecule has 0 spiro atoms. The third kappa shape index (κ3) is 5.02. The van der Waals surface area contributed by atoms with E-state index >= 15 is 0 Å². The molecular formula is C16H28N8O. The summed E-state index contributed by atoms with van der Waals surface area (Å²) < 4.78 is 5.53. The van der Waals surface area contributed by atoms with Gasteiger partial charge in [-0.2, -0.15) is 9.97 Å². The van der Waals surface area contributed by atoms with Crippen molar-refractivity contribution in [1.82, 2.24) is 19.9 Å². The predicted molar refractivity (Wildman–Crippen MR) is 103 cm³/mol. The van der Waals surface area contributed by atoms with E-state index in [0.717, 1.165) is 13.0 Å². The van der Waals surface area contributed by atoms with E-state index in [-0.39, 0.29) is 6.10 Å². The number of nitrogens with one attached hydrogen (secondary N) is 4. The number of nitrogens with zero attached hydrogens (tertiary/aromatic N) is 4. The lowest BCUT2D eigenvalue weighted by atomic mass is 10.3. The summed E-state index contributed by atoms with van der Waals surface area (Å²) in [5.74, 6) is 2.38. The summed E-state index contributed by atoms with van der Waals surface area (Å²) in [5, 5.41) is 12.6. The topological polar surface area (TPSA) is 109 Å². The SMILES string of the molecule is CCCNc1nc(NC)c2nc(NCCOC(C)C)nc(NC)c2n1. The minimum atomic E-state index is 0.200. The molecule has 9 nitrogen and oxygen atoms in total. The minimum Gasteiger partial charge on any atom is -0.377 e. The van der Waals surface area contributed by atoms with Gasteiger partial charge in [-0.05, 0) is 20.3 Å². The van der Waals surface area contributed by atoms with E-state index in [1.165, 1.54) is 0 Å². The fourth-order valence-corrected chi connectivity index (χ4v) is 2.22. The van der Waals surface area contributed by atoms with Gasteiger partial charge < -0.3 is 26.0 Å². The number of anilines is 4. The molecule has 0 bridgehead atoms. The van der Waals surface area contributed by atoms with Crippen LogP contribution in [0.5, 0.6) is 0 Å². The maximum absolute atomic E-state index is 5.53. The minimum absolute atomic E-state index is 0.200. The Morgan fingerprint density at radius 3 is 1.80 bits per heavy atom. The highest BCUT2D eigenvalue weighted by Crippen LogP contribution is 2.26. The van der Waals surface area contributed by atoms with Crippen LogP contribution < -0.4 is 21.3 Å². The first-order valence-corrected chi connectivity index (χ1v) is 8.63. The molecule has 0 saturated heterocycles. The van der Waals surface area contributed by atoms with Crippen molar-refractivity contribution >= 4 is 34.6 Å². The van der Waals surface area contributed by atoms with E-state index in [0.29, 0.717) is 47.7 Å². The smallest absolute Gasteiger partial charge is 0.225 e. The number of hydrogen-bond donors (Lipinski definition) is 4. The fourth-order valence-electron chi connectivity index (χ4n) is 2.22. The van der Waals surface area contributed by atoms with Gasteiger partial charge in [0.15, 0.2) is 11.6 Å². The first kappa shape index (κ1) is 18.9. The van der Waals surface area contributed by atoms with Crippen molar-refractivity contribution in [2.75, 3.05) is 55.1 Å². The van der Waals surface area contributed by atoms with Crippen LogP contribution in [0.1, 0.15) is 27.2 Å². The molecule has 9 heteroatoms. The molecule has 0 aliphatic carbocycles. The van der Waals surface area contributed by atoms with Crippen LogP contribution >= 0.6 is 0 Å². The second kappa shape index (κ2) is 9.16. The zero-order valence-electron chi connectivity index (χ0n) is 15.6. The van der Waals surface area contributed by atoms with Gasteiger partial charge in [-0.25, -0.2) is 9.97 Å². The molecule has 0 atom stereocenters. The van der Waals surface area contributed by atoms with Crippen LogP contribution in [0.3, 0.4) is 0 Å². The van der Waals surface area contributed by atoms with Crippen LogP contribution in [-0.2, 0) is 4.74 Å². The summed E-state index contributed by atoms with van der Waals surface area (Å²) in [6.45, 7) is 8.12. The third-order valence-electron chi connectivity index (χ3n) is 3.39. The quantitative estimate of drug-likeness (QED) is 0.480. The molecule has 0 saturated carbocycles. The maximum Gasteiger partial charge on any atom is 0.225 e. The monoisotopic (exact) mass is 348 g/mol. The standard InChI is InChI=1S/C16H28N8O/c1-6-7-19-15-21-11-12(13(17-4)23-15)22-16(24-14(11)18-5)20-8-9-25-10(2)3/h10H,6-9H2,1-5H3,(H2,17,19,21,23)(H2,18,20,22,24). The molecule has 2 rings (SSSR count). The Balaban J connectivity index is 2.31. The lowest BCUT2D eigenvalue weighted by Gasteiger charge is -2.13. The molecule has 0 aliphatic heterocycles. The summed E-state index contributed by atoms with van der Waals surface area (Å²) in [5.41, 5.74) is 1.33. The van der Waals surface area contributed by atoms with E-state index in [9.17, 15) is 0 Å². The highest BCUT2D eigenvalue weighted by atomic mass is 16.5. The van der Waals surface area contributed by atoms with Crippen LogP contribution in [0.4, 0.5) is 23.5 Å². The molecule has 25 heavy (non-hydrogen) atoms. The fraction of sp³-hybridized carbons (Fsp3) is 0.625. The lowest BCUT2D eigenvalue weighted by Crippen LogP contribution is -2.16. The van der Waals surface area contributed by atoms with E-state index in [1.54, 1.807) is 0 Å². The number of fused-ring (bicyclic) bond motifs is 1. The first-order chi connectivity index (χ1) is 12.1. The largest absolute Gasteiger partial charge is 0.377 e. The Hall–Kier alpha value is -2.42. The van der Waals surface area contributed by atoms with Gasteiger partial charge in [0, 0.05) is 27.2 Å². The van der Waals surface area contributed by atoms with Crippen LogP contribution in [0.15, 0.2) is 0 Å². The third-order valence-corrected chi connectivity index (χ3v) is 3.39. The molecule has 4 N–H and O–H groups in total. The zero-order valence-corrected chi connectivity index (χ0v) is 15.6. The lowest BCUT2D eigenvalue weighted by molar-refractivity contribution is 0.0870. The van der Waals surface area contributed by atoms with Crippen LogP contribution in [0.25, 0.3) is 11.0 Å². The highest BCUT2D eigenvalue weighted by molar-refractivity contribution is 5.94. The van der Waals surface area contributed by atoms with E-state index in [2.05, 4.69) is 48.1 Å². The summed E-state index contributed by atoms with van der Waals surface area (Å²) in [6, 6.07) is 0. The van der Waals surface area contributed by atoms with Crippen molar-refractivity contribution in [3.63, 3.8) is 0 Å². The molecule has 2 aromatic heterocycles. The molecule has 0 aromatic carbocycles. The highest BCUT2D eigenvalue weighted by Gasteiger charge is 2.14. The molecule has 0 fully saturated rings. The van der Waals surface area contributed by atoms with Gasteiger partial charge in [0.05, 0.1) is 12.7 Å². The van der Waals surface area contributed by atoms with E-state index in [4.69, 9.17) is 4.74 Å². The average molecular weight is 348 g/mol. The van der Waals surface area contributed by atoms with E-state index in [1.807, 2.05) is 27.9 Å². The Bertz CT molecular complexity index is 691. The van der Waals surface area contributed by atoms with Gasteiger partial charge in [0.1, 0.15) is 11.0 Å². The van der Waals surface area contributed by atoms with Crippen LogP contribution in [-0.4, -0.2) is 59.8 Å². The van der Waals surface area contributed by atoms with E-state index < -0.39 is 0 Å². The summed E-state index contributed by atoms with van der Waals surface area (Å²) in [6.07, 6.45) is 1.19. The van der Waals surface area contributed by atoms with Gasteiger partial charge in [0.2, 0.25) is 11.9 Å². The molecular weight excluding hydrogens is 320 g/mol. The van der Waals surface area contributed by atoms with Crippen molar-refractivity contribution in [2.24, 2.45) is 0 Å². The van der Waals surface area contributed by atoms with Gasteiger partial charge >= 0.3 is 0 Å². The molecule has 2 heterocycles. The van der Waals surface area contributed by atoms with Crippen molar-refractivity contribution < 1.29 is 4.74 Å². The number of aromatic nitrogens is 4. The normalized spacial score (nSPS) is 11.0. The second-order valence-corrected chi connectivity index (χ2v) is 5.76. The predicted octanol–water partition coefficient (Wildman–Crippen LogP) is 2.16. The Labute approximate surface area is 148 Å². The number of hydrogen-bond acceptors (Lipinski definition) is 9. The summed E-state index contributed by atoms with van der Waals surface area (Å²) in [4.78, 5) is 18.1. The average Bonchev–Trinajstić information content (AvgIpc) is 2.62. The van der Waals surface area contributed by atoms with Crippen LogP contribution in [0, 0.1) is 0 Å². The first-order valence-electron chi connectivity index (χ1n) is 8.63. The van der Waals surface area contributed by atoms with Gasteiger partial charge in [-0.3, -0.25) is 0 Å². The molecule has 0 radical (unpaired) electrons. The van der Waals surface area contributed by atoms with Gasteiger partial charge in [-0.1, -0.05) is 6.92 Å². The van der Waals surface area contributed by atoms with Crippen molar-refractivity contribution in [3.8, 4) is 0 Å². The number of ether oxygens (including phenoxy) is 1. The maximum atomic E-state index is 5.53. The summed E-state index contributed by atoms with van der Waals surface area (Å²) in [7, 11) is 3.63. The Morgan fingerprint density at radius 1 is 0.840 bits per heavy atom. The Kier molecular flexibility index (Phi) is 6.93. The number of rotatable bonds is 10. The summed E-state index contributed by atoms with van der Waals surface area (Å²) >= 11 is 0. The molecule has 2 aromatic rings. The molecule has 138 valence electrons. The zero-order chi connectivity index (χ0) is 18.2. The van der Waals surface area contributed by atoms with Crippen LogP contribution in [0.2, 0.25) is 0 Å². The molecule has 0 unspecified atom stereocenters. The Morgan fingerprint density at radius 2 is 1.36 bits per heavy atom. The van der Waals surface area contributed by atoms with Gasteiger partial charge in [0.25, 0.3) is 0 Å².